The number of primary amides is 1. The van der Waals surface area contributed by atoms with Gasteiger partial charge in [-0.15, -0.1) is 0 Å². The van der Waals surface area contributed by atoms with Crippen molar-refractivity contribution in [3.8, 4) is 0 Å². The molecule has 1 unspecified atom stereocenters. The predicted octanol–water partition coefficient (Wildman–Crippen LogP) is 0.594. The van der Waals surface area contributed by atoms with Gasteiger partial charge in [-0.25, -0.2) is 4.79 Å². The summed E-state index contributed by atoms with van der Waals surface area (Å²) in [5, 5.41) is 5.25. The lowest BCUT2D eigenvalue weighted by Crippen LogP contribution is -2.54. The van der Waals surface area contributed by atoms with Gasteiger partial charge in [0.25, 0.3) is 0 Å². The van der Waals surface area contributed by atoms with E-state index in [1.165, 1.54) is 0 Å². The van der Waals surface area contributed by atoms with Crippen LogP contribution in [0.1, 0.15) is 34.6 Å². The van der Waals surface area contributed by atoms with Gasteiger partial charge in [-0.3, -0.25) is 4.79 Å². The topological polar surface area (TPSA) is 84.2 Å². The minimum atomic E-state index is -0.632. The fourth-order valence-electron chi connectivity index (χ4n) is 1.08. The first-order valence-corrected chi connectivity index (χ1v) is 5.01. The second-order valence-electron chi connectivity index (χ2n) is 4.97. The number of carbonyl (C=O) groups excluding carboxylic acids is 2. The van der Waals surface area contributed by atoms with Gasteiger partial charge in [-0.2, -0.15) is 0 Å². The Hall–Kier alpha value is -1.26. The van der Waals surface area contributed by atoms with Gasteiger partial charge in [0.15, 0.2) is 0 Å². The molecule has 3 amide bonds. The molecule has 0 saturated carbocycles. The van der Waals surface area contributed by atoms with E-state index in [9.17, 15) is 9.59 Å². The maximum Gasteiger partial charge on any atom is 0.315 e. The first kappa shape index (κ1) is 13.7. The van der Waals surface area contributed by atoms with Crippen LogP contribution in [0.25, 0.3) is 0 Å². The number of rotatable bonds is 3. The van der Waals surface area contributed by atoms with E-state index in [4.69, 9.17) is 5.73 Å². The Kier molecular flexibility index (Phi) is 4.58. The molecule has 0 radical (unpaired) electrons. The molecule has 88 valence electrons. The molecular formula is C10H21N3O2. The lowest BCUT2D eigenvalue weighted by atomic mass is 10.0. The molecule has 0 rings (SSSR count). The van der Waals surface area contributed by atoms with Gasteiger partial charge in [0.05, 0.1) is 0 Å². The van der Waals surface area contributed by atoms with Crippen molar-refractivity contribution < 1.29 is 9.59 Å². The summed E-state index contributed by atoms with van der Waals surface area (Å²) in [5.74, 6) is -0.540. The van der Waals surface area contributed by atoms with Gasteiger partial charge in [-0.1, -0.05) is 13.8 Å². The summed E-state index contributed by atoms with van der Waals surface area (Å²) < 4.78 is 0. The van der Waals surface area contributed by atoms with Crippen molar-refractivity contribution in [3.63, 3.8) is 0 Å². The first-order chi connectivity index (χ1) is 6.63. The number of nitrogens with two attached hydrogens (primary N) is 1. The summed E-state index contributed by atoms with van der Waals surface area (Å²) in [4.78, 5) is 22.5. The molecule has 0 aliphatic carbocycles. The molecule has 0 spiro atoms. The zero-order chi connectivity index (χ0) is 12.2. The minimum Gasteiger partial charge on any atom is -0.368 e. The quantitative estimate of drug-likeness (QED) is 0.644. The van der Waals surface area contributed by atoms with Crippen LogP contribution in [-0.4, -0.2) is 23.5 Å². The van der Waals surface area contributed by atoms with Crippen LogP contribution >= 0.6 is 0 Å². The van der Waals surface area contributed by atoms with Gasteiger partial charge in [0.2, 0.25) is 5.91 Å². The molecule has 0 bridgehead atoms. The number of carbonyl (C=O) groups is 2. The molecule has 0 saturated heterocycles. The molecule has 0 fully saturated rings. The monoisotopic (exact) mass is 215 g/mol. The summed E-state index contributed by atoms with van der Waals surface area (Å²) in [7, 11) is 0. The Labute approximate surface area is 90.8 Å². The van der Waals surface area contributed by atoms with Gasteiger partial charge >= 0.3 is 6.03 Å². The van der Waals surface area contributed by atoms with Crippen molar-refractivity contribution in [1.82, 2.24) is 10.6 Å². The number of hydrogen-bond donors (Lipinski definition) is 3. The minimum absolute atomic E-state index is 0.0202. The van der Waals surface area contributed by atoms with Gasteiger partial charge < -0.3 is 16.4 Å². The highest BCUT2D eigenvalue weighted by molar-refractivity contribution is 5.86. The number of nitrogens with one attached hydrogen (secondary N) is 2. The fraction of sp³-hybridized carbons (Fsp3) is 0.800. The van der Waals surface area contributed by atoms with E-state index in [0.717, 1.165) is 0 Å². The smallest absolute Gasteiger partial charge is 0.315 e. The Balaban J connectivity index is 4.31. The molecule has 0 aliphatic rings. The van der Waals surface area contributed by atoms with Crippen LogP contribution in [0, 0.1) is 5.92 Å². The normalized spacial score (nSPS) is 13.5. The Morgan fingerprint density at radius 2 is 1.67 bits per heavy atom. The van der Waals surface area contributed by atoms with E-state index < -0.39 is 11.9 Å². The third-order valence-corrected chi connectivity index (χ3v) is 1.75. The van der Waals surface area contributed by atoms with Crippen molar-refractivity contribution in [2.45, 2.75) is 46.2 Å². The zero-order valence-electron chi connectivity index (χ0n) is 10.0. The van der Waals surface area contributed by atoms with Crippen LogP contribution in [0.3, 0.4) is 0 Å². The molecule has 4 N–H and O–H groups in total. The Morgan fingerprint density at radius 1 is 1.20 bits per heavy atom. The molecule has 0 aromatic heterocycles. The molecule has 0 aromatic carbocycles. The van der Waals surface area contributed by atoms with Gasteiger partial charge in [-0.05, 0) is 26.7 Å². The van der Waals surface area contributed by atoms with Gasteiger partial charge in [0.1, 0.15) is 6.04 Å². The van der Waals surface area contributed by atoms with Crippen LogP contribution in [0.15, 0.2) is 0 Å². The largest absolute Gasteiger partial charge is 0.368 e. The van der Waals surface area contributed by atoms with Crippen LogP contribution < -0.4 is 16.4 Å². The highest BCUT2D eigenvalue weighted by Gasteiger charge is 2.23. The highest BCUT2D eigenvalue weighted by Crippen LogP contribution is 2.02. The van der Waals surface area contributed by atoms with E-state index >= 15 is 0 Å². The first-order valence-electron chi connectivity index (χ1n) is 5.01. The molecule has 0 aromatic rings. The predicted molar refractivity (Wildman–Crippen MR) is 59.2 cm³/mol. The summed E-state index contributed by atoms with van der Waals surface area (Å²) >= 11 is 0. The number of hydrogen-bond acceptors (Lipinski definition) is 2. The van der Waals surface area contributed by atoms with Crippen LogP contribution in [0.5, 0.6) is 0 Å². The van der Waals surface area contributed by atoms with E-state index in [1.54, 1.807) is 0 Å². The summed E-state index contributed by atoms with van der Waals surface area (Å²) in [6.07, 6.45) is 0. The van der Waals surface area contributed by atoms with Crippen LogP contribution in [-0.2, 0) is 4.79 Å². The lowest BCUT2D eigenvalue weighted by molar-refractivity contribution is -0.120. The molecule has 0 heterocycles. The van der Waals surface area contributed by atoms with Gasteiger partial charge in [0, 0.05) is 5.54 Å². The summed E-state index contributed by atoms with van der Waals surface area (Å²) in [6, 6.07) is -1.01. The van der Waals surface area contributed by atoms with Crippen molar-refractivity contribution in [1.29, 1.82) is 0 Å². The molecule has 5 nitrogen and oxygen atoms in total. The third-order valence-electron chi connectivity index (χ3n) is 1.75. The molecule has 15 heavy (non-hydrogen) atoms. The van der Waals surface area contributed by atoms with Crippen molar-refractivity contribution >= 4 is 11.9 Å². The van der Waals surface area contributed by atoms with Crippen molar-refractivity contribution in [2.75, 3.05) is 0 Å². The second-order valence-corrected chi connectivity index (χ2v) is 4.97. The molecule has 5 heteroatoms. The SMILES string of the molecule is CC(C)C(NC(=O)NC(C)(C)C)C(N)=O. The number of amides is 3. The average Bonchev–Trinajstić information content (AvgIpc) is 1.95. The maximum absolute atomic E-state index is 11.4. The van der Waals surface area contributed by atoms with Crippen LogP contribution in [0.4, 0.5) is 4.79 Å². The van der Waals surface area contributed by atoms with Crippen LogP contribution in [0.2, 0.25) is 0 Å². The van der Waals surface area contributed by atoms with E-state index in [0.29, 0.717) is 0 Å². The van der Waals surface area contributed by atoms with Crippen molar-refractivity contribution in [2.24, 2.45) is 11.7 Å². The zero-order valence-corrected chi connectivity index (χ0v) is 10.0. The Morgan fingerprint density at radius 3 is 1.93 bits per heavy atom. The average molecular weight is 215 g/mol. The third kappa shape index (κ3) is 5.93. The van der Waals surface area contributed by atoms with E-state index in [1.807, 2.05) is 34.6 Å². The summed E-state index contributed by atoms with van der Waals surface area (Å²) in [5.41, 5.74) is 4.84. The molecule has 0 aliphatic heterocycles. The summed E-state index contributed by atoms with van der Waals surface area (Å²) in [6.45, 7) is 9.24. The molecule has 1 atom stereocenters. The van der Waals surface area contributed by atoms with E-state index in [-0.39, 0.29) is 17.5 Å². The number of urea groups is 1. The fourth-order valence-corrected chi connectivity index (χ4v) is 1.08. The Bertz CT molecular complexity index is 244. The van der Waals surface area contributed by atoms with Crippen molar-refractivity contribution in [3.05, 3.63) is 0 Å². The lowest BCUT2D eigenvalue weighted by Gasteiger charge is -2.24. The van der Waals surface area contributed by atoms with E-state index in [2.05, 4.69) is 10.6 Å². The molecular weight excluding hydrogens is 194 g/mol. The highest BCUT2D eigenvalue weighted by atomic mass is 16.2. The second kappa shape index (κ2) is 5.00. The standard InChI is InChI=1S/C10H21N3O2/c1-6(2)7(8(11)14)12-9(15)13-10(3,4)5/h6-7H,1-5H3,(H2,11,14)(H2,12,13,15). The maximum atomic E-state index is 11.4.